The Labute approximate surface area is 140 Å². The molecule has 3 rings (SSSR count). The van der Waals surface area contributed by atoms with Crippen LogP contribution >= 0.6 is 0 Å². The van der Waals surface area contributed by atoms with Crippen LogP contribution in [0.3, 0.4) is 0 Å². The summed E-state index contributed by atoms with van der Waals surface area (Å²) < 4.78 is 4.70. The van der Waals surface area contributed by atoms with Gasteiger partial charge in [-0.2, -0.15) is 0 Å². The summed E-state index contributed by atoms with van der Waals surface area (Å²) in [7, 11) is 1.30. The van der Waals surface area contributed by atoms with Crippen molar-refractivity contribution in [1.82, 2.24) is 0 Å². The van der Waals surface area contributed by atoms with Crippen LogP contribution in [0.15, 0.2) is 18.2 Å². The lowest BCUT2D eigenvalue weighted by Crippen LogP contribution is -2.38. The molecule has 24 heavy (non-hydrogen) atoms. The molecule has 2 N–H and O–H groups in total. The summed E-state index contributed by atoms with van der Waals surface area (Å²) in [6.07, 6.45) is 2.62. The largest absolute Gasteiger partial charge is 0.481 e. The number of carboxylic acid groups (broad SMARTS) is 1. The summed E-state index contributed by atoms with van der Waals surface area (Å²) in [5.74, 6) is -2.49. The third-order valence-corrected chi connectivity index (χ3v) is 5.42. The number of aryl methyl sites for hydroxylation is 1. The van der Waals surface area contributed by atoms with E-state index in [9.17, 15) is 19.5 Å². The molecule has 0 heterocycles. The van der Waals surface area contributed by atoms with Crippen LogP contribution in [0.2, 0.25) is 0 Å². The minimum atomic E-state index is -0.887. The quantitative estimate of drug-likeness (QED) is 0.827. The number of carbonyl (C=O) groups is 3. The van der Waals surface area contributed by atoms with E-state index in [-0.39, 0.29) is 17.7 Å². The first kappa shape index (κ1) is 16.5. The second-order valence-electron chi connectivity index (χ2n) is 6.73. The van der Waals surface area contributed by atoms with Gasteiger partial charge in [-0.05, 0) is 55.7 Å². The first-order valence-corrected chi connectivity index (χ1v) is 8.15. The molecule has 1 amide bonds. The maximum atomic E-state index is 12.7. The Hall–Kier alpha value is -2.37. The third kappa shape index (κ3) is 2.77. The second kappa shape index (κ2) is 6.26. The SMILES string of the molecule is COC(=O)c1ccc(C)c(NC(=O)[C@H]2[C@H]3CC[C@@H](C3)[C@@H]2C(=O)O)c1. The number of benzene rings is 1. The van der Waals surface area contributed by atoms with Gasteiger partial charge in [-0.1, -0.05) is 6.07 Å². The molecule has 0 radical (unpaired) electrons. The molecule has 128 valence electrons. The Morgan fingerprint density at radius 1 is 1.17 bits per heavy atom. The molecule has 6 heteroatoms. The molecule has 1 aromatic carbocycles. The zero-order valence-corrected chi connectivity index (χ0v) is 13.7. The molecule has 2 aliphatic rings. The standard InChI is InChI=1S/C18H21NO5/c1-9-3-4-12(18(23)24-2)8-13(9)19-16(20)14-10-5-6-11(7-10)15(14)17(21)22/h3-4,8,10-11,14-15H,5-7H2,1-2H3,(H,19,20)(H,21,22)/t10-,11-,14-,15-/m0/s1. The van der Waals surface area contributed by atoms with E-state index in [0.29, 0.717) is 11.3 Å². The topological polar surface area (TPSA) is 92.7 Å². The van der Waals surface area contributed by atoms with Crippen molar-refractivity contribution < 1.29 is 24.2 Å². The maximum absolute atomic E-state index is 12.7. The van der Waals surface area contributed by atoms with Crippen LogP contribution in [-0.4, -0.2) is 30.1 Å². The number of carboxylic acids is 1. The van der Waals surface area contributed by atoms with Gasteiger partial charge in [0.05, 0.1) is 24.5 Å². The highest BCUT2D eigenvalue weighted by atomic mass is 16.5. The van der Waals surface area contributed by atoms with Gasteiger partial charge in [0.2, 0.25) is 5.91 Å². The molecule has 0 aromatic heterocycles. The summed E-state index contributed by atoms with van der Waals surface area (Å²) in [4.78, 5) is 36.0. The molecule has 0 aliphatic heterocycles. The van der Waals surface area contributed by atoms with Crippen LogP contribution in [0, 0.1) is 30.6 Å². The molecular weight excluding hydrogens is 310 g/mol. The van der Waals surface area contributed by atoms with Crippen molar-refractivity contribution in [2.45, 2.75) is 26.2 Å². The van der Waals surface area contributed by atoms with Crippen molar-refractivity contribution in [1.29, 1.82) is 0 Å². The number of hydrogen-bond acceptors (Lipinski definition) is 4. The minimum absolute atomic E-state index is 0.103. The van der Waals surface area contributed by atoms with Crippen LogP contribution in [0.1, 0.15) is 35.2 Å². The Morgan fingerprint density at radius 2 is 1.83 bits per heavy atom. The van der Waals surface area contributed by atoms with E-state index in [4.69, 9.17) is 4.74 Å². The fourth-order valence-corrected chi connectivity index (χ4v) is 4.24. The lowest BCUT2D eigenvalue weighted by molar-refractivity contribution is -0.148. The van der Waals surface area contributed by atoms with Crippen LogP contribution in [0.5, 0.6) is 0 Å². The van der Waals surface area contributed by atoms with Crippen molar-refractivity contribution in [2.75, 3.05) is 12.4 Å². The normalized spacial score (nSPS) is 27.8. The van der Waals surface area contributed by atoms with Crippen LogP contribution in [-0.2, 0) is 14.3 Å². The highest BCUT2D eigenvalue weighted by Crippen LogP contribution is 2.52. The van der Waals surface area contributed by atoms with Gasteiger partial charge >= 0.3 is 11.9 Å². The zero-order chi connectivity index (χ0) is 17.4. The number of esters is 1. The molecule has 2 saturated carbocycles. The van der Waals surface area contributed by atoms with Crippen molar-refractivity contribution >= 4 is 23.5 Å². The molecule has 6 nitrogen and oxygen atoms in total. The minimum Gasteiger partial charge on any atom is -0.481 e. The first-order chi connectivity index (χ1) is 11.4. The van der Waals surface area contributed by atoms with E-state index < -0.39 is 23.8 Å². The number of anilines is 1. The summed E-state index contributed by atoms with van der Waals surface area (Å²) >= 11 is 0. The summed E-state index contributed by atoms with van der Waals surface area (Å²) in [6, 6.07) is 4.94. The molecule has 2 aliphatic carbocycles. The molecule has 0 unspecified atom stereocenters. The fraction of sp³-hybridized carbons (Fsp3) is 0.500. The number of ether oxygens (including phenoxy) is 1. The number of rotatable bonds is 4. The van der Waals surface area contributed by atoms with E-state index in [1.165, 1.54) is 7.11 Å². The lowest BCUT2D eigenvalue weighted by Gasteiger charge is -2.27. The van der Waals surface area contributed by atoms with Crippen LogP contribution in [0.25, 0.3) is 0 Å². The van der Waals surface area contributed by atoms with E-state index in [2.05, 4.69) is 5.32 Å². The van der Waals surface area contributed by atoms with Crippen molar-refractivity contribution in [2.24, 2.45) is 23.7 Å². The molecule has 0 saturated heterocycles. The maximum Gasteiger partial charge on any atom is 0.337 e. The van der Waals surface area contributed by atoms with Gasteiger partial charge in [0, 0.05) is 5.69 Å². The highest BCUT2D eigenvalue weighted by Gasteiger charge is 2.54. The van der Waals surface area contributed by atoms with Gasteiger partial charge in [-0.3, -0.25) is 9.59 Å². The van der Waals surface area contributed by atoms with Gasteiger partial charge < -0.3 is 15.2 Å². The molecule has 0 spiro atoms. The highest BCUT2D eigenvalue weighted by molar-refractivity contribution is 5.98. The predicted octanol–water partition coefficient (Wildman–Crippen LogP) is 2.47. The summed E-state index contributed by atoms with van der Waals surface area (Å²) in [5.41, 5.74) is 1.68. The second-order valence-corrected chi connectivity index (χ2v) is 6.73. The van der Waals surface area contributed by atoms with Gasteiger partial charge in [0.15, 0.2) is 0 Å². The summed E-state index contributed by atoms with van der Waals surface area (Å²) in [5, 5.41) is 12.3. The Balaban J connectivity index is 1.82. The monoisotopic (exact) mass is 331 g/mol. The van der Waals surface area contributed by atoms with Gasteiger partial charge in [0.25, 0.3) is 0 Å². The van der Waals surface area contributed by atoms with Crippen molar-refractivity contribution in [3.05, 3.63) is 29.3 Å². The number of hydrogen-bond donors (Lipinski definition) is 2. The van der Waals surface area contributed by atoms with Crippen molar-refractivity contribution in [3.8, 4) is 0 Å². The fourth-order valence-electron chi connectivity index (χ4n) is 4.24. The van der Waals surface area contributed by atoms with Gasteiger partial charge in [-0.25, -0.2) is 4.79 Å². The Kier molecular flexibility index (Phi) is 4.30. The first-order valence-electron chi connectivity index (χ1n) is 8.15. The number of nitrogens with one attached hydrogen (secondary N) is 1. The molecule has 2 fully saturated rings. The Bertz CT molecular complexity index is 699. The lowest BCUT2D eigenvalue weighted by atomic mass is 9.78. The zero-order valence-electron chi connectivity index (χ0n) is 13.7. The molecule has 2 bridgehead atoms. The smallest absolute Gasteiger partial charge is 0.337 e. The third-order valence-electron chi connectivity index (χ3n) is 5.42. The summed E-state index contributed by atoms with van der Waals surface area (Å²) in [6.45, 7) is 1.83. The molecule has 1 aromatic rings. The molecule has 4 atom stereocenters. The predicted molar refractivity (Wildman–Crippen MR) is 86.6 cm³/mol. The van der Waals surface area contributed by atoms with Gasteiger partial charge in [-0.15, -0.1) is 0 Å². The number of amides is 1. The van der Waals surface area contributed by atoms with E-state index in [0.717, 1.165) is 24.8 Å². The van der Waals surface area contributed by atoms with Crippen molar-refractivity contribution in [3.63, 3.8) is 0 Å². The number of carbonyl (C=O) groups excluding carboxylic acids is 2. The van der Waals surface area contributed by atoms with Gasteiger partial charge in [0.1, 0.15) is 0 Å². The van der Waals surface area contributed by atoms with E-state index in [1.807, 2.05) is 6.92 Å². The number of aliphatic carboxylic acids is 1. The Morgan fingerprint density at radius 3 is 2.46 bits per heavy atom. The molecular formula is C18H21NO5. The van der Waals surface area contributed by atoms with Crippen LogP contribution < -0.4 is 5.32 Å². The average Bonchev–Trinajstić information content (AvgIpc) is 3.17. The number of fused-ring (bicyclic) bond motifs is 2. The average molecular weight is 331 g/mol. The van der Waals surface area contributed by atoms with E-state index in [1.54, 1.807) is 18.2 Å². The van der Waals surface area contributed by atoms with E-state index >= 15 is 0 Å². The van der Waals surface area contributed by atoms with Crippen LogP contribution in [0.4, 0.5) is 5.69 Å². The number of methoxy groups -OCH3 is 1.